The molecule has 0 aliphatic heterocycles. The Hall–Kier alpha value is -1.02. The number of aryl methyl sites for hydroxylation is 1. The smallest absolute Gasteiger partial charge is 0.120 e. The molecule has 2 atom stereocenters. The Morgan fingerprint density at radius 2 is 2.05 bits per heavy atom. The van der Waals surface area contributed by atoms with Gasteiger partial charge in [0.25, 0.3) is 0 Å². The van der Waals surface area contributed by atoms with E-state index in [4.69, 9.17) is 4.74 Å². The number of hydrogen-bond acceptors (Lipinski definition) is 2. The highest BCUT2D eigenvalue weighted by Gasteiger charge is 2.57. The zero-order chi connectivity index (χ0) is 14.0. The van der Waals surface area contributed by atoms with Gasteiger partial charge in [0.1, 0.15) is 11.9 Å². The van der Waals surface area contributed by atoms with Crippen LogP contribution in [0, 0.1) is 5.41 Å². The lowest BCUT2D eigenvalue weighted by molar-refractivity contribution is -0.0755. The van der Waals surface area contributed by atoms with Crippen molar-refractivity contribution >= 4 is 0 Å². The molecule has 0 aromatic heterocycles. The summed E-state index contributed by atoms with van der Waals surface area (Å²) in [5.41, 5.74) is 1.78. The van der Waals surface area contributed by atoms with Gasteiger partial charge in [0.05, 0.1) is 0 Å². The molecule has 2 saturated carbocycles. The van der Waals surface area contributed by atoms with Crippen LogP contribution in [0.1, 0.15) is 51.5 Å². The van der Waals surface area contributed by atoms with E-state index in [1.807, 2.05) is 0 Å². The summed E-state index contributed by atoms with van der Waals surface area (Å²) in [4.78, 5) is 0. The number of benzene rings is 1. The van der Waals surface area contributed by atoms with Crippen molar-refractivity contribution in [1.29, 1.82) is 0 Å². The molecule has 20 heavy (non-hydrogen) atoms. The van der Waals surface area contributed by atoms with Crippen LogP contribution in [0.15, 0.2) is 24.3 Å². The van der Waals surface area contributed by atoms with Crippen molar-refractivity contribution < 1.29 is 4.74 Å². The van der Waals surface area contributed by atoms with Gasteiger partial charge >= 0.3 is 0 Å². The summed E-state index contributed by atoms with van der Waals surface area (Å²) in [5, 5.41) is 3.67. The lowest BCUT2D eigenvalue weighted by atomic mass is 9.60. The fourth-order valence-electron chi connectivity index (χ4n) is 4.15. The van der Waals surface area contributed by atoms with Crippen LogP contribution >= 0.6 is 0 Å². The maximum Gasteiger partial charge on any atom is 0.120 e. The van der Waals surface area contributed by atoms with E-state index in [2.05, 4.69) is 43.4 Å². The highest BCUT2D eigenvalue weighted by molar-refractivity contribution is 5.29. The summed E-state index contributed by atoms with van der Waals surface area (Å²) in [6.07, 6.45) is 8.08. The van der Waals surface area contributed by atoms with Gasteiger partial charge in [-0.25, -0.2) is 0 Å². The molecule has 1 aromatic rings. The molecule has 110 valence electrons. The van der Waals surface area contributed by atoms with Gasteiger partial charge in [-0.05, 0) is 43.5 Å². The number of nitrogens with one attached hydrogen (secondary N) is 1. The third-order valence-electron chi connectivity index (χ3n) is 5.36. The molecule has 0 saturated heterocycles. The van der Waals surface area contributed by atoms with Crippen LogP contribution < -0.4 is 10.1 Å². The van der Waals surface area contributed by atoms with Gasteiger partial charge in [0, 0.05) is 17.9 Å². The summed E-state index contributed by atoms with van der Waals surface area (Å²) in [6.45, 7) is 5.48. The molecule has 1 N–H and O–H groups in total. The highest BCUT2D eigenvalue weighted by Crippen LogP contribution is 2.54. The third-order valence-corrected chi connectivity index (χ3v) is 5.36. The van der Waals surface area contributed by atoms with Crippen LogP contribution in [0.2, 0.25) is 0 Å². The summed E-state index contributed by atoms with van der Waals surface area (Å²) in [7, 11) is 0. The maximum absolute atomic E-state index is 6.37. The molecular weight excluding hydrogens is 246 g/mol. The molecule has 0 heterocycles. The highest BCUT2D eigenvalue weighted by atomic mass is 16.5. The Balaban J connectivity index is 1.71. The second-order valence-electron chi connectivity index (χ2n) is 6.39. The lowest BCUT2D eigenvalue weighted by Crippen LogP contribution is -2.63. The first-order chi connectivity index (χ1) is 9.78. The first-order valence-corrected chi connectivity index (χ1v) is 8.27. The Morgan fingerprint density at radius 3 is 2.75 bits per heavy atom. The predicted molar refractivity (Wildman–Crippen MR) is 83.2 cm³/mol. The van der Waals surface area contributed by atoms with Gasteiger partial charge in [-0.1, -0.05) is 38.8 Å². The predicted octanol–water partition coefficient (Wildman–Crippen LogP) is 3.94. The average molecular weight is 273 g/mol. The van der Waals surface area contributed by atoms with Gasteiger partial charge < -0.3 is 10.1 Å². The van der Waals surface area contributed by atoms with Crippen molar-refractivity contribution in [3.63, 3.8) is 0 Å². The molecule has 1 aromatic carbocycles. The fraction of sp³-hybridized carbons (Fsp3) is 0.667. The van der Waals surface area contributed by atoms with E-state index in [9.17, 15) is 0 Å². The van der Waals surface area contributed by atoms with Crippen LogP contribution in [0.25, 0.3) is 0 Å². The largest absolute Gasteiger partial charge is 0.490 e. The molecule has 2 heteroatoms. The lowest BCUT2D eigenvalue weighted by Gasteiger charge is -2.54. The number of ether oxygens (including phenoxy) is 1. The second kappa shape index (κ2) is 5.77. The van der Waals surface area contributed by atoms with Gasteiger partial charge in [-0.3, -0.25) is 0 Å². The van der Waals surface area contributed by atoms with E-state index in [0.717, 1.165) is 18.7 Å². The van der Waals surface area contributed by atoms with Crippen LogP contribution in [-0.2, 0) is 6.42 Å². The van der Waals surface area contributed by atoms with E-state index in [-0.39, 0.29) is 0 Å². The van der Waals surface area contributed by atoms with E-state index in [1.165, 1.54) is 37.7 Å². The van der Waals surface area contributed by atoms with Crippen LogP contribution in [-0.4, -0.2) is 18.7 Å². The Labute approximate surface area is 122 Å². The standard InChI is InChI=1S/C18H27NO/c1-3-14-8-7-9-15(12-14)20-17-13-16(19-4-2)18(17)10-5-6-11-18/h7-9,12,16-17,19H,3-6,10-11,13H2,1-2H3. The SMILES string of the molecule is CCNC1CC(Oc2cccc(CC)c2)C12CCCC2. The monoisotopic (exact) mass is 273 g/mol. The molecule has 2 unspecified atom stereocenters. The summed E-state index contributed by atoms with van der Waals surface area (Å²) in [5.74, 6) is 1.07. The van der Waals surface area contributed by atoms with Crippen LogP contribution in [0.5, 0.6) is 5.75 Å². The molecule has 0 amide bonds. The van der Waals surface area contributed by atoms with E-state index < -0.39 is 0 Å². The molecule has 0 radical (unpaired) electrons. The minimum Gasteiger partial charge on any atom is -0.490 e. The van der Waals surface area contributed by atoms with E-state index in [1.54, 1.807) is 0 Å². The van der Waals surface area contributed by atoms with Crippen LogP contribution in [0.3, 0.4) is 0 Å². The minimum absolute atomic E-state index is 0.415. The number of hydrogen-bond donors (Lipinski definition) is 1. The fourth-order valence-corrected chi connectivity index (χ4v) is 4.15. The van der Waals surface area contributed by atoms with Crippen molar-refractivity contribution in [1.82, 2.24) is 5.32 Å². The minimum atomic E-state index is 0.415. The van der Waals surface area contributed by atoms with Gasteiger partial charge in [-0.2, -0.15) is 0 Å². The first-order valence-electron chi connectivity index (χ1n) is 8.27. The van der Waals surface area contributed by atoms with E-state index in [0.29, 0.717) is 17.6 Å². The topological polar surface area (TPSA) is 21.3 Å². The summed E-state index contributed by atoms with van der Waals surface area (Å²) < 4.78 is 6.37. The normalized spacial score (nSPS) is 27.5. The van der Waals surface area contributed by atoms with Gasteiger partial charge in [0.15, 0.2) is 0 Å². The molecule has 2 aliphatic carbocycles. The molecule has 3 rings (SSSR count). The van der Waals surface area contributed by atoms with Gasteiger partial charge in [0.2, 0.25) is 0 Å². The quantitative estimate of drug-likeness (QED) is 0.877. The molecule has 0 bridgehead atoms. The van der Waals surface area contributed by atoms with Crippen molar-refractivity contribution in [2.45, 2.75) is 64.5 Å². The zero-order valence-corrected chi connectivity index (χ0v) is 12.8. The Kier molecular flexibility index (Phi) is 4.02. The van der Waals surface area contributed by atoms with Crippen molar-refractivity contribution in [2.24, 2.45) is 5.41 Å². The Bertz CT molecular complexity index is 450. The Morgan fingerprint density at radius 1 is 1.25 bits per heavy atom. The number of rotatable bonds is 5. The van der Waals surface area contributed by atoms with Crippen molar-refractivity contribution in [3.8, 4) is 5.75 Å². The summed E-state index contributed by atoms with van der Waals surface area (Å²) in [6, 6.07) is 9.30. The van der Waals surface area contributed by atoms with E-state index >= 15 is 0 Å². The van der Waals surface area contributed by atoms with Gasteiger partial charge in [-0.15, -0.1) is 0 Å². The van der Waals surface area contributed by atoms with Crippen molar-refractivity contribution in [3.05, 3.63) is 29.8 Å². The zero-order valence-electron chi connectivity index (χ0n) is 12.8. The molecule has 2 nitrogen and oxygen atoms in total. The average Bonchev–Trinajstić information content (AvgIpc) is 2.99. The summed E-state index contributed by atoms with van der Waals surface area (Å²) >= 11 is 0. The molecule has 2 fully saturated rings. The first kappa shape index (κ1) is 13.9. The maximum atomic E-state index is 6.37. The molecular formula is C18H27NO. The van der Waals surface area contributed by atoms with Crippen molar-refractivity contribution in [2.75, 3.05) is 6.54 Å². The third kappa shape index (κ3) is 2.35. The second-order valence-corrected chi connectivity index (χ2v) is 6.39. The molecule has 1 spiro atoms. The van der Waals surface area contributed by atoms with Crippen LogP contribution in [0.4, 0.5) is 0 Å². The molecule has 2 aliphatic rings.